The first kappa shape index (κ1) is 19.5. The lowest BCUT2D eigenvalue weighted by molar-refractivity contribution is -0.148. The van der Waals surface area contributed by atoms with Crippen molar-refractivity contribution < 1.29 is 23.8 Å². The number of aryl methyl sites for hydroxylation is 4. The third kappa shape index (κ3) is 4.63. The van der Waals surface area contributed by atoms with Gasteiger partial charge >= 0.3 is 11.9 Å². The molecule has 0 N–H and O–H groups in total. The van der Waals surface area contributed by atoms with Gasteiger partial charge in [0.25, 0.3) is 0 Å². The molecule has 0 fully saturated rings. The van der Waals surface area contributed by atoms with Crippen molar-refractivity contribution in [3.8, 4) is 17.2 Å². The Morgan fingerprint density at radius 2 is 1.23 bits per heavy atom. The van der Waals surface area contributed by atoms with Crippen LogP contribution in [0.2, 0.25) is 0 Å². The van der Waals surface area contributed by atoms with Crippen molar-refractivity contribution in [1.29, 1.82) is 0 Å². The Labute approximate surface area is 153 Å². The second-order valence-corrected chi connectivity index (χ2v) is 6.40. The van der Waals surface area contributed by atoms with E-state index in [1.807, 2.05) is 26.0 Å². The normalized spacial score (nSPS) is 10.4. The molecule has 0 heterocycles. The largest absolute Gasteiger partial charge is 0.469 e. The number of carbonyl (C=O) groups is 2. The van der Waals surface area contributed by atoms with Crippen LogP contribution < -0.4 is 9.47 Å². The summed E-state index contributed by atoms with van der Waals surface area (Å²) < 4.78 is 15.8. The molecule has 26 heavy (non-hydrogen) atoms. The van der Waals surface area contributed by atoms with Crippen molar-refractivity contribution in [2.24, 2.45) is 0 Å². The molecule has 0 amide bonds. The topological polar surface area (TPSA) is 61.8 Å². The maximum Gasteiger partial charge on any atom is 0.322 e. The van der Waals surface area contributed by atoms with Gasteiger partial charge in [0.05, 0.1) is 7.11 Å². The first-order valence-corrected chi connectivity index (χ1v) is 8.35. The van der Waals surface area contributed by atoms with Crippen LogP contribution in [0, 0.1) is 34.6 Å². The summed E-state index contributed by atoms with van der Waals surface area (Å²) in [6.07, 6.45) is -0.421. The van der Waals surface area contributed by atoms with Gasteiger partial charge in [0.15, 0.2) is 0 Å². The first-order chi connectivity index (χ1) is 12.2. The molecular weight excluding hydrogens is 332 g/mol. The second kappa shape index (κ2) is 8.04. The van der Waals surface area contributed by atoms with Gasteiger partial charge in [-0.15, -0.1) is 0 Å². The molecule has 5 nitrogen and oxygen atoms in total. The summed E-state index contributed by atoms with van der Waals surface area (Å²) in [4.78, 5) is 23.0. The molecule has 2 rings (SSSR count). The quantitative estimate of drug-likeness (QED) is 0.449. The van der Waals surface area contributed by atoms with Crippen molar-refractivity contribution in [2.75, 3.05) is 7.11 Å². The number of rotatable bonds is 5. The third-order valence-corrected chi connectivity index (χ3v) is 4.30. The monoisotopic (exact) mass is 356 g/mol. The fourth-order valence-electron chi connectivity index (χ4n) is 2.66. The number of carbonyl (C=O) groups excluding carboxylic acids is 2. The summed E-state index contributed by atoms with van der Waals surface area (Å²) in [7, 11) is 1.23. The van der Waals surface area contributed by atoms with Crippen LogP contribution in [0.5, 0.6) is 17.2 Å². The number of ether oxygens (including phenoxy) is 3. The Balaban J connectivity index is 2.21. The molecule has 0 bridgehead atoms. The highest BCUT2D eigenvalue weighted by Crippen LogP contribution is 2.32. The zero-order chi connectivity index (χ0) is 19.4. The van der Waals surface area contributed by atoms with Crippen molar-refractivity contribution >= 4 is 11.9 Å². The molecular formula is C21H24O5. The summed E-state index contributed by atoms with van der Waals surface area (Å²) in [5.74, 6) is 0.578. The molecule has 2 aromatic carbocycles. The van der Waals surface area contributed by atoms with Gasteiger partial charge in [0, 0.05) is 0 Å². The number of hydrogen-bond acceptors (Lipinski definition) is 5. The summed E-state index contributed by atoms with van der Waals surface area (Å²) in [5, 5.41) is 0. The van der Waals surface area contributed by atoms with E-state index in [0.29, 0.717) is 11.5 Å². The Hall–Kier alpha value is -2.82. The van der Waals surface area contributed by atoms with Crippen LogP contribution in [0.3, 0.4) is 0 Å². The van der Waals surface area contributed by atoms with E-state index in [0.717, 1.165) is 16.9 Å². The summed E-state index contributed by atoms with van der Waals surface area (Å²) in [6, 6.07) is 7.60. The smallest absolute Gasteiger partial charge is 0.322 e. The van der Waals surface area contributed by atoms with Gasteiger partial charge in [-0.3, -0.25) is 9.59 Å². The van der Waals surface area contributed by atoms with E-state index in [-0.39, 0.29) is 0 Å². The van der Waals surface area contributed by atoms with Gasteiger partial charge in [-0.1, -0.05) is 0 Å². The molecule has 0 radical (unpaired) electrons. The third-order valence-electron chi connectivity index (χ3n) is 4.30. The van der Waals surface area contributed by atoms with Gasteiger partial charge in [0.2, 0.25) is 0 Å². The molecule has 0 aliphatic rings. The van der Waals surface area contributed by atoms with Crippen LogP contribution in [0.15, 0.2) is 24.3 Å². The summed E-state index contributed by atoms with van der Waals surface area (Å²) in [6.45, 7) is 9.84. The van der Waals surface area contributed by atoms with Crippen molar-refractivity contribution in [2.45, 2.75) is 41.0 Å². The predicted molar refractivity (Wildman–Crippen MR) is 98.9 cm³/mol. The fourth-order valence-corrected chi connectivity index (χ4v) is 2.66. The molecule has 0 atom stereocenters. The minimum atomic E-state index is -0.651. The van der Waals surface area contributed by atoms with Crippen LogP contribution in [0.1, 0.15) is 34.2 Å². The average molecular weight is 356 g/mol. The predicted octanol–water partition coefficient (Wildman–Crippen LogP) is 4.49. The van der Waals surface area contributed by atoms with Gasteiger partial charge in [-0.25, -0.2) is 0 Å². The van der Waals surface area contributed by atoms with E-state index >= 15 is 0 Å². The highest BCUT2D eigenvalue weighted by molar-refractivity contribution is 5.92. The molecule has 0 saturated heterocycles. The number of esters is 2. The van der Waals surface area contributed by atoms with Gasteiger partial charge in [-0.05, 0) is 86.7 Å². The van der Waals surface area contributed by atoms with E-state index < -0.39 is 18.4 Å². The molecule has 2 aromatic rings. The van der Waals surface area contributed by atoms with Crippen LogP contribution in [-0.4, -0.2) is 19.0 Å². The number of benzene rings is 2. The van der Waals surface area contributed by atoms with E-state index in [1.165, 1.54) is 23.8 Å². The van der Waals surface area contributed by atoms with E-state index in [9.17, 15) is 9.59 Å². The van der Waals surface area contributed by atoms with Gasteiger partial charge < -0.3 is 14.2 Å². The Bertz CT molecular complexity index is 805. The minimum absolute atomic E-state index is 0.421. The average Bonchev–Trinajstić information content (AvgIpc) is 2.55. The van der Waals surface area contributed by atoms with Crippen molar-refractivity contribution in [3.05, 3.63) is 52.1 Å². The summed E-state index contributed by atoms with van der Waals surface area (Å²) >= 11 is 0. The Kier molecular flexibility index (Phi) is 6.03. The van der Waals surface area contributed by atoms with E-state index in [4.69, 9.17) is 9.47 Å². The van der Waals surface area contributed by atoms with Gasteiger partial charge in [-0.2, -0.15) is 0 Å². The number of methoxy groups -OCH3 is 1. The molecule has 0 aromatic heterocycles. The molecule has 0 aliphatic heterocycles. The van der Waals surface area contributed by atoms with Crippen LogP contribution in [-0.2, 0) is 14.3 Å². The van der Waals surface area contributed by atoms with Crippen molar-refractivity contribution in [3.63, 3.8) is 0 Å². The highest BCUT2D eigenvalue weighted by atomic mass is 16.5. The van der Waals surface area contributed by atoms with Crippen molar-refractivity contribution in [1.82, 2.24) is 0 Å². The van der Waals surface area contributed by atoms with Crippen LogP contribution in [0.4, 0.5) is 0 Å². The lowest BCUT2D eigenvalue weighted by atomic mass is 10.0. The van der Waals surface area contributed by atoms with Crippen LogP contribution in [0.25, 0.3) is 0 Å². The maximum absolute atomic E-state index is 11.8. The van der Waals surface area contributed by atoms with Gasteiger partial charge in [0.1, 0.15) is 23.7 Å². The SMILES string of the molecule is COC(=O)CC(=O)Oc1c(C)cc(Oc2cc(C)c(C)c(C)c2)cc1C. The zero-order valence-corrected chi connectivity index (χ0v) is 16.1. The zero-order valence-electron chi connectivity index (χ0n) is 16.1. The lowest BCUT2D eigenvalue weighted by Gasteiger charge is -2.14. The van der Waals surface area contributed by atoms with Crippen LogP contribution >= 0.6 is 0 Å². The maximum atomic E-state index is 11.8. The van der Waals surface area contributed by atoms with E-state index in [1.54, 1.807) is 12.1 Å². The lowest BCUT2D eigenvalue weighted by Crippen LogP contribution is -2.15. The Morgan fingerprint density at radius 1 is 0.769 bits per heavy atom. The standard InChI is InChI=1S/C21H24O5/c1-12-7-17(8-13(2)16(12)5)25-18-9-14(3)21(15(4)10-18)26-20(23)11-19(22)24-6/h7-10H,11H2,1-6H3. The summed E-state index contributed by atoms with van der Waals surface area (Å²) in [5.41, 5.74) is 5.08. The molecule has 0 saturated carbocycles. The number of hydrogen-bond donors (Lipinski definition) is 0. The molecule has 0 unspecified atom stereocenters. The Morgan fingerprint density at radius 3 is 1.69 bits per heavy atom. The minimum Gasteiger partial charge on any atom is -0.469 e. The highest BCUT2D eigenvalue weighted by Gasteiger charge is 2.16. The van der Waals surface area contributed by atoms with E-state index in [2.05, 4.69) is 25.5 Å². The first-order valence-electron chi connectivity index (χ1n) is 8.35. The molecule has 138 valence electrons. The fraction of sp³-hybridized carbons (Fsp3) is 0.333. The molecule has 0 aliphatic carbocycles. The molecule has 5 heteroatoms. The molecule has 0 spiro atoms. The second-order valence-electron chi connectivity index (χ2n) is 6.40.